The van der Waals surface area contributed by atoms with Gasteiger partial charge in [0.05, 0.1) is 17.0 Å². The Bertz CT molecular complexity index is 1650. The van der Waals surface area contributed by atoms with Crippen molar-refractivity contribution < 1.29 is 18.6 Å². The zero-order valence-corrected chi connectivity index (χ0v) is 24.6. The highest BCUT2D eigenvalue weighted by atomic mass is 32.2. The lowest BCUT2D eigenvalue weighted by atomic mass is 9.90. The Morgan fingerprint density at radius 3 is 2.48 bits per heavy atom. The molecule has 0 spiro atoms. The second kappa shape index (κ2) is 12.4. The van der Waals surface area contributed by atoms with Gasteiger partial charge in [-0.25, -0.2) is 8.42 Å². The normalized spacial score (nSPS) is 16.6. The molecule has 40 heavy (non-hydrogen) atoms. The first-order valence-corrected chi connectivity index (χ1v) is 15.9. The van der Waals surface area contributed by atoms with Crippen LogP contribution in [-0.2, 0) is 15.4 Å². The Hall–Kier alpha value is -3.43. The molecular formula is C32H34N2O4S2. The molecule has 0 fully saturated rings. The average molecular weight is 575 g/mol. The second-order valence-corrected chi connectivity index (χ2v) is 12.6. The molecule has 208 valence electrons. The van der Waals surface area contributed by atoms with E-state index in [9.17, 15) is 18.6 Å². The lowest BCUT2D eigenvalue weighted by molar-refractivity contribution is -0.00214. The number of thioether (sulfide) groups is 1. The second-order valence-electron chi connectivity index (χ2n) is 9.54. The molecule has 0 bridgehead atoms. The highest BCUT2D eigenvalue weighted by Crippen LogP contribution is 2.35. The van der Waals surface area contributed by atoms with Crippen LogP contribution in [0.5, 0.6) is 0 Å². The quantitative estimate of drug-likeness (QED) is 0.226. The molecule has 2 heterocycles. The van der Waals surface area contributed by atoms with E-state index in [1.165, 1.54) is 6.26 Å². The van der Waals surface area contributed by atoms with E-state index in [1.807, 2.05) is 80.1 Å². The number of sulfone groups is 1. The summed E-state index contributed by atoms with van der Waals surface area (Å²) in [5, 5.41) is 26.8. The van der Waals surface area contributed by atoms with Crippen LogP contribution in [-0.4, -0.2) is 41.9 Å². The molecule has 4 aromatic rings. The molecule has 5 rings (SSSR count). The molecule has 6 nitrogen and oxygen atoms in total. The van der Waals surface area contributed by atoms with E-state index in [0.29, 0.717) is 5.56 Å². The molecule has 0 aliphatic carbocycles. The highest BCUT2D eigenvalue weighted by Gasteiger charge is 2.24. The molecule has 0 saturated carbocycles. The summed E-state index contributed by atoms with van der Waals surface area (Å²) in [6.07, 6.45) is 6.95. The summed E-state index contributed by atoms with van der Waals surface area (Å²) < 4.78 is 23.9. The van der Waals surface area contributed by atoms with Crippen LogP contribution in [0.1, 0.15) is 37.5 Å². The number of pyridine rings is 1. The van der Waals surface area contributed by atoms with E-state index in [1.54, 1.807) is 37.0 Å². The van der Waals surface area contributed by atoms with Gasteiger partial charge in [-0.05, 0) is 82.6 Å². The van der Waals surface area contributed by atoms with Crippen molar-refractivity contribution in [3.05, 3.63) is 107 Å². The fourth-order valence-corrected chi connectivity index (χ4v) is 5.89. The van der Waals surface area contributed by atoms with Crippen LogP contribution < -0.4 is 5.32 Å². The number of benzene rings is 3. The van der Waals surface area contributed by atoms with Gasteiger partial charge in [0, 0.05) is 29.6 Å². The summed E-state index contributed by atoms with van der Waals surface area (Å²) >= 11 is 1.64. The van der Waals surface area contributed by atoms with Crippen LogP contribution in [0.3, 0.4) is 0 Å². The van der Waals surface area contributed by atoms with Gasteiger partial charge < -0.3 is 15.5 Å². The summed E-state index contributed by atoms with van der Waals surface area (Å²) in [7, 11) is -3.29. The third-order valence-electron chi connectivity index (χ3n) is 6.58. The summed E-state index contributed by atoms with van der Waals surface area (Å²) in [6, 6.07) is 22.6. The van der Waals surface area contributed by atoms with Gasteiger partial charge in [-0.1, -0.05) is 50.2 Å². The molecule has 2 atom stereocenters. The third-order valence-corrected chi connectivity index (χ3v) is 8.67. The maximum atomic E-state index is 12.0. The van der Waals surface area contributed by atoms with Crippen molar-refractivity contribution in [2.24, 2.45) is 0 Å². The van der Waals surface area contributed by atoms with Gasteiger partial charge in [0.15, 0.2) is 9.84 Å². The predicted molar refractivity (Wildman–Crippen MR) is 166 cm³/mol. The lowest BCUT2D eigenvalue weighted by Gasteiger charge is -2.22. The molecule has 8 heteroatoms. The minimum absolute atomic E-state index is 0.0202. The molecule has 0 amide bonds. The maximum Gasteiger partial charge on any atom is 0.175 e. The van der Waals surface area contributed by atoms with E-state index in [0.717, 1.165) is 38.7 Å². The summed E-state index contributed by atoms with van der Waals surface area (Å²) in [4.78, 5) is 4.89. The summed E-state index contributed by atoms with van der Waals surface area (Å²) in [5.41, 5.74) is 4.70. The molecule has 3 aromatic carbocycles. The number of rotatable bonds is 7. The first kappa shape index (κ1) is 29.6. The zero-order chi connectivity index (χ0) is 28.9. The highest BCUT2D eigenvalue weighted by molar-refractivity contribution is 8.03. The molecular weight excluding hydrogens is 540 g/mol. The smallest absolute Gasteiger partial charge is 0.175 e. The van der Waals surface area contributed by atoms with E-state index in [-0.39, 0.29) is 10.3 Å². The number of aliphatic hydroxyl groups excluding tert-OH is 1. The van der Waals surface area contributed by atoms with Crippen LogP contribution in [0.25, 0.3) is 33.7 Å². The number of aliphatic hydroxyl groups is 2. The van der Waals surface area contributed by atoms with Gasteiger partial charge >= 0.3 is 0 Å². The average Bonchev–Trinajstić information content (AvgIpc) is 3.51. The van der Waals surface area contributed by atoms with Crippen LogP contribution in [0, 0.1) is 0 Å². The summed E-state index contributed by atoms with van der Waals surface area (Å²) in [5.74, 6) is 0. The van der Waals surface area contributed by atoms with Crippen molar-refractivity contribution in [2.75, 3.05) is 12.9 Å². The Morgan fingerprint density at radius 2 is 1.82 bits per heavy atom. The zero-order valence-electron chi connectivity index (χ0n) is 23.0. The topological polar surface area (TPSA) is 99.5 Å². The SMILES string of the molecule is CC.CC(O)(CO)c1cc(-c2cccc(/C=C(/c3ccc(S(C)(=O)=O)cc3)C3NC=CS3)c2)c2ncccc2c1. The minimum atomic E-state index is -3.29. The first-order valence-electron chi connectivity index (χ1n) is 13.1. The van der Waals surface area contributed by atoms with Gasteiger partial charge in [-0.3, -0.25) is 4.98 Å². The van der Waals surface area contributed by atoms with Crippen LogP contribution in [0.2, 0.25) is 0 Å². The molecule has 0 saturated heterocycles. The minimum Gasteiger partial charge on any atom is -0.393 e. The molecule has 3 N–H and O–H groups in total. The Kier molecular flexibility index (Phi) is 9.15. The van der Waals surface area contributed by atoms with Crippen molar-refractivity contribution in [3.63, 3.8) is 0 Å². The Balaban J connectivity index is 0.00000181. The number of aromatic nitrogens is 1. The maximum absolute atomic E-state index is 12.0. The van der Waals surface area contributed by atoms with Crippen molar-refractivity contribution in [3.8, 4) is 11.1 Å². The van der Waals surface area contributed by atoms with E-state index < -0.39 is 22.0 Å². The summed E-state index contributed by atoms with van der Waals surface area (Å²) in [6.45, 7) is 5.19. The largest absolute Gasteiger partial charge is 0.393 e. The molecule has 1 aliphatic heterocycles. The number of nitrogens with zero attached hydrogens (tertiary/aromatic N) is 1. The molecule has 2 unspecified atom stereocenters. The third kappa shape index (κ3) is 6.47. The van der Waals surface area contributed by atoms with Crippen molar-refractivity contribution in [1.82, 2.24) is 10.3 Å². The molecule has 1 aromatic heterocycles. The standard InChI is InChI=1S/C30H28N2O4S2.C2H6/c1-30(34,19-33)24-17-23-7-4-12-31-28(23)26(18-24)22-6-3-5-20(15-22)16-27(29-32-13-14-37-29)21-8-10-25(11-9-21)38(2,35)36;1-2/h3-18,29,32-34H,19H2,1-2H3;1-2H3/b27-16-;. The lowest BCUT2D eigenvalue weighted by Crippen LogP contribution is -2.25. The van der Waals surface area contributed by atoms with Crippen molar-refractivity contribution in [2.45, 2.75) is 36.6 Å². The van der Waals surface area contributed by atoms with Crippen LogP contribution in [0.15, 0.2) is 95.5 Å². The number of fused-ring (bicyclic) bond motifs is 1. The first-order chi connectivity index (χ1) is 19.2. The van der Waals surface area contributed by atoms with Crippen LogP contribution >= 0.6 is 11.8 Å². The Labute approximate surface area is 240 Å². The van der Waals surface area contributed by atoms with E-state index >= 15 is 0 Å². The van der Waals surface area contributed by atoms with Crippen LogP contribution in [0.4, 0.5) is 0 Å². The van der Waals surface area contributed by atoms with Gasteiger partial charge in [0.25, 0.3) is 0 Å². The number of hydrogen-bond acceptors (Lipinski definition) is 7. The fourth-order valence-electron chi connectivity index (χ4n) is 4.44. The van der Waals surface area contributed by atoms with Crippen molar-refractivity contribution in [1.29, 1.82) is 0 Å². The Morgan fingerprint density at radius 1 is 1.07 bits per heavy atom. The molecule has 0 radical (unpaired) electrons. The number of hydrogen-bond donors (Lipinski definition) is 3. The predicted octanol–water partition coefficient (Wildman–Crippen LogP) is 6.21. The van der Waals surface area contributed by atoms with Gasteiger partial charge in [-0.2, -0.15) is 0 Å². The van der Waals surface area contributed by atoms with Crippen molar-refractivity contribution >= 4 is 44.2 Å². The van der Waals surface area contributed by atoms with E-state index in [4.69, 9.17) is 0 Å². The van der Waals surface area contributed by atoms with Gasteiger partial charge in [0.1, 0.15) is 11.0 Å². The fraction of sp³-hybridized carbons (Fsp3) is 0.219. The molecule has 1 aliphatic rings. The van der Waals surface area contributed by atoms with E-state index in [2.05, 4.69) is 22.4 Å². The van der Waals surface area contributed by atoms with Gasteiger partial charge in [-0.15, -0.1) is 11.8 Å². The monoisotopic (exact) mass is 574 g/mol. The van der Waals surface area contributed by atoms with Gasteiger partial charge in [0.2, 0.25) is 0 Å². The number of nitrogens with one attached hydrogen (secondary N) is 1.